The quantitative estimate of drug-likeness (QED) is 0.905. The molecule has 0 radical (unpaired) electrons. The summed E-state index contributed by atoms with van der Waals surface area (Å²) in [5, 5.41) is 4.19. The van der Waals surface area contributed by atoms with Crippen molar-refractivity contribution < 1.29 is 9.13 Å². The zero-order valence-electron chi connectivity index (χ0n) is 10.4. The third-order valence-corrected chi connectivity index (χ3v) is 2.60. The smallest absolute Gasteiger partial charge is 0.157 e. The number of nitrogens with two attached hydrogens (primary N) is 1. The lowest BCUT2D eigenvalue weighted by Gasteiger charge is -2.12. The molecule has 1 aromatic heterocycles. The summed E-state index contributed by atoms with van der Waals surface area (Å²) >= 11 is 0. The lowest BCUT2D eigenvalue weighted by atomic mass is 10.1. The minimum absolute atomic E-state index is 0.268. The van der Waals surface area contributed by atoms with Gasteiger partial charge in [0, 0.05) is 6.04 Å². The van der Waals surface area contributed by atoms with Crippen molar-refractivity contribution >= 4 is 0 Å². The Kier molecular flexibility index (Phi) is 3.62. The SMILES string of the molecule is CCOc1cnn(-c2ccc(F)cc2[C@H](C)N)c1. The van der Waals surface area contributed by atoms with Gasteiger partial charge in [0.05, 0.1) is 24.7 Å². The predicted molar refractivity (Wildman–Crippen MR) is 67.3 cm³/mol. The van der Waals surface area contributed by atoms with Crippen molar-refractivity contribution in [2.45, 2.75) is 19.9 Å². The molecule has 5 heteroatoms. The van der Waals surface area contributed by atoms with Crippen molar-refractivity contribution in [2.75, 3.05) is 6.61 Å². The summed E-state index contributed by atoms with van der Waals surface area (Å²) in [5.41, 5.74) is 7.32. The molecule has 0 bridgehead atoms. The van der Waals surface area contributed by atoms with E-state index in [0.29, 0.717) is 17.9 Å². The van der Waals surface area contributed by atoms with Crippen LogP contribution in [0.1, 0.15) is 25.5 Å². The van der Waals surface area contributed by atoms with Crippen molar-refractivity contribution in [1.29, 1.82) is 0 Å². The molecule has 1 atom stereocenters. The molecule has 4 nitrogen and oxygen atoms in total. The second-order valence-corrected chi connectivity index (χ2v) is 4.05. The topological polar surface area (TPSA) is 53.1 Å². The van der Waals surface area contributed by atoms with E-state index in [-0.39, 0.29) is 11.9 Å². The Morgan fingerprint density at radius 3 is 2.94 bits per heavy atom. The van der Waals surface area contributed by atoms with Crippen molar-refractivity contribution in [1.82, 2.24) is 9.78 Å². The minimum Gasteiger partial charge on any atom is -0.491 e. The molecule has 0 aliphatic carbocycles. The van der Waals surface area contributed by atoms with Crippen LogP contribution in [0.4, 0.5) is 4.39 Å². The van der Waals surface area contributed by atoms with E-state index in [2.05, 4.69) is 5.10 Å². The first-order valence-corrected chi connectivity index (χ1v) is 5.84. The molecule has 1 aromatic carbocycles. The Morgan fingerprint density at radius 1 is 1.50 bits per heavy atom. The molecule has 2 N–H and O–H groups in total. The summed E-state index contributed by atoms with van der Waals surface area (Å²) in [6.07, 6.45) is 3.38. The molecule has 0 spiro atoms. The van der Waals surface area contributed by atoms with Crippen LogP contribution in [0.5, 0.6) is 5.75 Å². The van der Waals surface area contributed by atoms with Gasteiger partial charge in [-0.1, -0.05) is 0 Å². The number of halogens is 1. The molecule has 2 aromatic rings. The van der Waals surface area contributed by atoms with Crippen molar-refractivity contribution in [3.05, 3.63) is 42.0 Å². The van der Waals surface area contributed by atoms with Crippen LogP contribution in [0.15, 0.2) is 30.6 Å². The summed E-state index contributed by atoms with van der Waals surface area (Å²) in [6.45, 7) is 4.29. The molecule has 0 saturated carbocycles. The second kappa shape index (κ2) is 5.18. The monoisotopic (exact) mass is 249 g/mol. The van der Waals surface area contributed by atoms with Gasteiger partial charge in [0.2, 0.25) is 0 Å². The van der Waals surface area contributed by atoms with Crippen molar-refractivity contribution in [2.24, 2.45) is 5.73 Å². The fraction of sp³-hybridized carbons (Fsp3) is 0.308. The number of rotatable bonds is 4. The third kappa shape index (κ3) is 2.51. The molecule has 2 rings (SSSR count). The molecular weight excluding hydrogens is 233 g/mol. The van der Waals surface area contributed by atoms with Gasteiger partial charge in [-0.15, -0.1) is 0 Å². The van der Waals surface area contributed by atoms with Crippen LogP contribution < -0.4 is 10.5 Å². The summed E-state index contributed by atoms with van der Waals surface area (Å²) in [7, 11) is 0. The average molecular weight is 249 g/mol. The van der Waals surface area contributed by atoms with E-state index in [1.165, 1.54) is 12.1 Å². The molecule has 0 aliphatic rings. The van der Waals surface area contributed by atoms with Gasteiger partial charge < -0.3 is 10.5 Å². The summed E-state index contributed by atoms with van der Waals surface area (Å²) in [6, 6.07) is 4.22. The zero-order valence-corrected chi connectivity index (χ0v) is 10.4. The number of nitrogens with zero attached hydrogens (tertiary/aromatic N) is 2. The second-order valence-electron chi connectivity index (χ2n) is 4.05. The van der Waals surface area contributed by atoms with Crippen LogP contribution >= 0.6 is 0 Å². The van der Waals surface area contributed by atoms with Crippen molar-refractivity contribution in [3.63, 3.8) is 0 Å². The van der Waals surface area contributed by atoms with E-state index in [0.717, 1.165) is 5.69 Å². The summed E-state index contributed by atoms with van der Waals surface area (Å²) in [4.78, 5) is 0. The molecular formula is C13H16FN3O. The van der Waals surface area contributed by atoms with Crippen LogP contribution in [0.2, 0.25) is 0 Å². The van der Waals surface area contributed by atoms with Gasteiger partial charge >= 0.3 is 0 Å². The van der Waals surface area contributed by atoms with Gasteiger partial charge in [0.15, 0.2) is 5.75 Å². The maximum Gasteiger partial charge on any atom is 0.157 e. The first-order valence-electron chi connectivity index (χ1n) is 5.84. The van der Waals surface area contributed by atoms with Crippen LogP contribution in [0, 0.1) is 5.82 Å². The molecule has 1 heterocycles. The standard InChI is InChI=1S/C13H16FN3O/c1-3-18-11-7-16-17(8-11)13-5-4-10(14)6-12(13)9(2)15/h4-9H,3,15H2,1-2H3/t9-/m0/s1. The van der Waals surface area contributed by atoms with Crippen LogP contribution in [0.3, 0.4) is 0 Å². The highest BCUT2D eigenvalue weighted by atomic mass is 19.1. The lowest BCUT2D eigenvalue weighted by molar-refractivity contribution is 0.340. The fourth-order valence-corrected chi connectivity index (χ4v) is 1.78. The van der Waals surface area contributed by atoms with Gasteiger partial charge in [0.25, 0.3) is 0 Å². The van der Waals surface area contributed by atoms with Crippen LogP contribution in [-0.2, 0) is 0 Å². The lowest BCUT2D eigenvalue weighted by Crippen LogP contribution is -2.10. The van der Waals surface area contributed by atoms with Gasteiger partial charge in [-0.3, -0.25) is 0 Å². The first-order chi connectivity index (χ1) is 8.61. The third-order valence-electron chi connectivity index (χ3n) is 2.60. The summed E-state index contributed by atoms with van der Waals surface area (Å²) < 4.78 is 20.2. The Hall–Kier alpha value is -1.88. The van der Waals surface area contributed by atoms with E-state index in [1.807, 2.05) is 13.8 Å². The van der Waals surface area contributed by atoms with Crippen LogP contribution in [0.25, 0.3) is 5.69 Å². The molecule has 0 fully saturated rings. The largest absolute Gasteiger partial charge is 0.491 e. The Balaban J connectivity index is 2.42. The van der Waals surface area contributed by atoms with E-state index in [4.69, 9.17) is 10.5 Å². The van der Waals surface area contributed by atoms with E-state index < -0.39 is 0 Å². The highest BCUT2D eigenvalue weighted by molar-refractivity contribution is 5.43. The molecule has 0 amide bonds. The highest BCUT2D eigenvalue weighted by Crippen LogP contribution is 2.22. The van der Waals surface area contributed by atoms with Crippen LogP contribution in [-0.4, -0.2) is 16.4 Å². The van der Waals surface area contributed by atoms with E-state index >= 15 is 0 Å². The van der Waals surface area contributed by atoms with Gasteiger partial charge in [-0.05, 0) is 37.6 Å². The maximum absolute atomic E-state index is 13.2. The summed E-state index contributed by atoms with van der Waals surface area (Å²) in [5.74, 6) is 0.376. The number of hydrogen-bond acceptors (Lipinski definition) is 3. The fourth-order valence-electron chi connectivity index (χ4n) is 1.78. The molecule has 0 unspecified atom stereocenters. The molecule has 96 valence electrons. The zero-order chi connectivity index (χ0) is 13.1. The molecule has 0 aliphatic heterocycles. The Morgan fingerprint density at radius 2 is 2.28 bits per heavy atom. The number of hydrogen-bond donors (Lipinski definition) is 1. The number of ether oxygens (including phenoxy) is 1. The van der Waals surface area contributed by atoms with E-state index in [1.54, 1.807) is 23.1 Å². The average Bonchev–Trinajstić information content (AvgIpc) is 2.78. The molecule has 18 heavy (non-hydrogen) atoms. The number of aromatic nitrogens is 2. The van der Waals surface area contributed by atoms with Crippen molar-refractivity contribution in [3.8, 4) is 11.4 Å². The Bertz CT molecular complexity index is 537. The first kappa shape index (κ1) is 12.6. The van der Waals surface area contributed by atoms with Gasteiger partial charge in [-0.25, -0.2) is 9.07 Å². The predicted octanol–water partition coefficient (Wildman–Crippen LogP) is 2.43. The Labute approximate surface area is 105 Å². The highest BCUT2D eigenvalue weighted by Gasteiger charge is 2.11. The maximum atomic E-state index is 13.2. The van der Waals surface area contributed by atoms with Gasteiger partial charge in [0.1, 0.15) is 5.82 Å². The molecule has 0 saturated heterocycles. The normalized spacial score (nSPS) is 12.4. The number of benzene rings is 1. The minimum atomic E-state index is -0.303. The van der Waals surface area contributed by atoms with Gasteiger partial charge in [-0.2, -0.15) is 5.10 Å². The van der Waals surface area contributed by atoms with E-state index in [9.17, 15) is 4.39 Å².